The molecule has 0 aromatic heterocycles. The van der Waals surface area contributed by atoms with E-state index in [9.17, 15) is 0 Å². The SMILES string of the molecule is CC(Cl)CN(C)Cc1ccccc1Br. The maximum Gasteiger partial charge on any atom is 0.0435 e. The molecule has 0 amide bonds. The Balaban J connectivity index is 2.56. The van der Waals surface area contributed by atoms with E-state index in [1.807, 2.05) is 13.0 Å². The van der Waals surface area contributed by atoms with Crippen LogP contribution in [0.2, 0.25) is 0 Å². The molecule has 0 saturated heterocycles. The Kier molecular flexibility index (Phi) is 4.93. The highest BCUT2D eigenvalue weighted by atomic mass is 79.9. The smallest absolute Gasteiger partial charge is 0.0435 e. The van der Waals surface area contributed by atoms with E-state index in [0.29, 0.717) is 0 Å². The maximum absolute atomic E-state index is 5.93. The van der Waals surface area contributed by atoms with Crippen LogP contribution in [0.1, 0.15) is 12.5 Å². The van der Waals surface area contributed by atoms with Crippen LogP contribution in [-0.2, 0) is 6.54 Å². The third kappa shape index (κ3) is 3.99. The molecular formula is C11H15BrClN. The van der Waals surface area contributed by atoms with Crippen LogP contribution in [0.5, 0.6) is 0 Å². The minimum Gasteiger partial charge on any atom is -0.301 e. The molecule has 3 heteroatoms. The molecule has 0 aliphatic rings. The second-order valence-electron chi connectivity index (χ2n) is 3.57. The fourth-order valence-electron chi connectivity index (χ4n) is 1.41. The summed E-state index contributed by atoms with van der Waals surface area (Å²) in [5, 5.41) is 0.197. The van der Waals surface area contributed by atoms with Gasteiger partial charge in [-0.15, -0.1) is 11.6 Å². The molecule has 0 heterocycles. The highest BCUT2D eigenvalue weighted by molar-refractivity contribution is 9.10. The van der Waals surface area contributed by atoms with Crippen molar-refractivity contribution in [2.24, 2.45) is 0 Å². The Morgan fingerprint density at radius 1 is 1.43 bits per heavy atom. The summed E-state index contributed by atoms with van der Waals surface area (Å²) in [5.74, 6) is 0. The van der Waals surface area contributed by atoms with Gasteiger partial charge < -0.3 is 4.90 Å². The van der Waals surface area contributed by atoms with Crippen molar-refractivity contribution in [1.29, 1.82) is 0 Å². The van der Waals surface area contributed by atoms with Crippen LogP contribution in [-0.4, -0.2) is 23.9 Å². The number of hydrogen-bond acceptors (Lipinski definition) is 1. The van der Waals surface area contributed by atoms with Gasteiger partial charge in [0, 0.05) is 22.9 Å². The molecule has 0 aliphatic heterocycles. The number of benzene rings is 1. The summed E-state index contributed by atoms with van der Waals surface area (Å²) in [6.45, 7) is 3.85. The van der Waals surface area contributed by atoms with Crippen molar-refractivity contribution in [3.8, 4) is 0 Å². The number of rotatable bonds is 4. The van der Waals surface area contributed by atoms with Crippen molar-refractivity contribution >= 4 is 27.5 Å². The van der Waals surface area contributed by atoms with Crippen molar-refractivity contribution in [2.45, 2.75) is 18.8 Å². The van der Waals surface area contributed by atoms with Gasteiger partial charge in [-0.05, 0) is 25.6 Å². The average molecular weight is 277 g/mol. The van der Waals surface area contributed by atoms with Gasteiger partial charge in [0.1, 0.15) is 0 Å². The zero-order valence-electron chi connectivity index (χ0n) is 8.50. The minimum atomic E-state index is 0.197. The van der Waals surface area contributed by atoms with E-state index >= 15 is 0 Å². The quantitative estimate of drug-likeness (QED) is 0.761. The largest absolute Gasteiger partial charge is 0.301 e. The predicted molar refractivity (Wildman–Crippen MR) is 65.8 cm³/mol. The molecule has 0 fully saturated rings. The number of alkyl halides is 1. The topological polar surface area (TPSA) is 3.24 Å². The van der Waals surface area contributed by atoms with Gasteiger partial charge in [0.2, 0.25) is 0 Å². The second-order valence-corrected chi connectivity index (χ2v) is 5.17. The molecule has 0 saturated carbocycles. The van der Waals surface area contributed by atoms with Crippen LogP contribution in [0.15, 0.2) is 28.7 Å². The van der Waals surface area contributed by atoms with E-state index in [2.05, 4.69) is 46.1 Å². The van der Waals surface area contributed by atoms with Gasteiger partial charge >= 0.3 is 0 Å². The first-order valence-electron chi connectivity index (χ1n) is 4.65. The molecule has 1 rings (SSSR count). The average Bonchev–Trinajstić information content (AvgIpc) is 2.07. The van der Waals surface area contributed by atoms with E-state index in [1.54, 1.807) is 0 Å². The normalized spacial score (nSPS) is 13.2. The van der Waals surface area contributed by atoms with Crippen molar-refractivity contribution in [3.05, 3.63) is 34.3 Å². The van der Waals surface area contributed by atoms with Crippen molar-refractivity contribution in [3.63, 3.8) is 0 Å². The lowest BCUT2D eigenvalue weighted by atomic mass is 10.2. The molecule has 14 heavy (non-hydrogen) atoms. The van der Waals surface area contributed by atoms with E-state index in [-0.39, 0.29) is 5.38 Å². The summed E-state index contributed by atoms with van der Waals surface area (Å²) in [4.78, 5) is 2.22. The zero-order valence-corrected chi connectivity index (χ0v) is 10.8. The van der Waals surface area contributed by atoms with Crippen LogP contribution in [0.3, 0.4) is 0 Å². The first-order chi connectivity index (χ1) is 6.59. The lowest BCUT2D eigenvalue weighted by Gasteiger charge is -2.18. The van der Waals surface area contributed by atoms with Crippen LogP contribution >= 0.6 is 27.5 Å². The molecule has 1 unspecified atom stereocenters. The van der Waals surface area contributed by atoms with Crippen LogP contribution in [0.25, 0.3) is 0 Å². The van der Waals surface area contributed by atoms with Gasteiger partial charge in [0.15, 0.2) is 0 Å². The van der Waals surface area contributed by atoms with Gasteiger partial charge in [-0.25, -0.2) is 0 Å². The fourth-order valence-corrected chi connectivity index (χ4v) is 2.06. The number of halogens is 2. The highest BCUT2D eigenvalue weighted by Crippen LogP contribution is 2.17. The molecular weight excluding hydrogens is 261 g/mol. The molecule has 0 spiro atoms. The monoisotopic (exact) mass is 275 g/mol. The van der Waals surface area contributed by atoms with E-state index in [0.717, 1.165) is 17.6 Å². The fraction of sp³-hybridized carbons (Fsp3) is 0.455. The Hall–Kier alpha value is -0.0500. The van der Waals surface area contributed by atoms with Crippen LogP contribution in [0.4, 0.5) is 0 Å². The second kappa shape index (κ2) is 5.74. The third-order valence-corrected chi connectivity index (χ3v) is 2.87. The summed E-state index contributed by atoms with van der Waals surface area (Å²) in [7, 11) is 2.08. The number of nitrogens with zero attached hydrogens (tertiary/aromatic N) is 1. The molecule has 1 nitrogen and oxygen atoms in total. The minimum absolute atomic E-state index is 0.197. The van der Waals surface area contributed by atoms with Crippen molar-refractivity contribution < 1.29 is 0 Å². The van der Waals surface area contributed by atoms with E-state index in [1.165, 1.54) is 5.56 Å². The Morgan fingerprint density at radius 2 is 2.07 bits per heavy atom. The van der Waals surface area contributed by atoms with Crippen LogP contribution < -0.4 is 0 Å². The molecule has 0 bridgehead atoms. The Morgan fingerprint density at radius 3 is 2.64 bits per heavy atom. The molecule has 0 aliphatic carbocycles. The summed E-state index contributed by atoms with van der Waals surface area (Å²) in [5.41, 5.74) is 1.30. The summed E-state index contributed by atoms with van der Waals surface area (Å²) in [6.07, 6.45) is 0. The van der Waals surface area contributed by atoms with E-state index in [4.69, 9.17) is 11.6 Å². The summed E-state index contributed by atoms with van der Waals surface area (Å²) in [6, 6.07) is 8.27. The maximum atomic E-state index is 5.93. The van der Waals surface area contributed by atoms with Gasteiger partial charge in [-0.2, -0.15) is 0 Å². The summed E-state index contributed by atoms with van der Waals surface area (Å²) < 4.78 is 1.16. The van der Waals surface area contributed by atoms with Gasteiger partial charge in [-0.3, -0.25) is 0 Å². The van der Waals surface area contributed by atoms with Gasteiger partial charge in [0.05, 0.1) is 0 Å². The molecule has 1 atom stereocenters. The standard InChI is InChI=1S/C11H15BrClN/c1-9(13)7-14(2)8-10-5-3-4-6-11(10)12/h3-6,9H,7-8H2,1-2H3. The molecule has 1 aromatic carbocycles. The molecule has 78 valence electrons. The first-order valence-corrected chi connectivity index (χ1v) is 5.88. The van der Waals surface area contributed by atoms with Crippen molar-refractivity contribution in [1.82, 2.24) is 4.90 Å². The Labute approximate surface area is 99.2 Å². The first kappa shape index (κ1) is 12.0. The lowest BCUT2D eigenvalue weighted by molar-refractivity contribution is 0.329. The van der Waals surface area contributed by atoms with Crippen LogP contribution in [0, 0.1) is 0 Å². The third-order valence-electron chi connectivity index (χ3n) is 1.96. The Bertz CT molecular complexity index is 288. The predicted octanol–water partition coefficient (Wildman–Crippen LogP) is 3.51. The molecule has 0 N–H and O–H groups in total. The molecule has 0 radical (unpaired) electrons. The summed E-state index contributed by atoms with van der Waals surface area (Å²) >= 11 is 9.46. The van der Waals surface area contributed by atoms with E-state index < -0.39 is 0 Å². The van der Waals surface area contributed by atoms with Gasteiger partial charge in [-0.1, -0.05) is 34.1 Å². The lowest BCUT2D eigenvalue weighted by Crippen LogP contribution is -2.24. The number of hydrogen-bond donors (Lipinski definition) is 0. The molecule has 1 aromatic rings. The highest BCUT2D eigenvalue weighted by Gasteiger charge is 2.05. The van der Waals surface area contributed by atoms with Gasteiger partial charge in [0.25, 0.3) is 0 Å². The zero-order chi connectivity index (χ0) is 10.6. The van der Waals surface area contributed by atoms with Crippen molar-refractivity contribution in [2.75, 3.05) is 13.6 Å².